The zero-order valence-corrected chi connectivity index (χ0v) is 11.5. The highest BCUT2D eigenvalue weighted by Crippen LogP contribution is 2.24. The first-order valence-corrected chi connectivity index (χ1v) is 6.91. The molecule has 5 nitrogen and oxygen atoms in total. The quantitative estimate of drug-likeness (QED) is 0.870. The maximum Gasteiger partial charge on any atom is 0.245 e. The Morgan fingerprint density at radius 1 is 1.35 bits per heavy atom. The van der Waals surface area contributed by atoms with Crippen molar-refractivity contribution in [3.8, 4) is 5.75 Å². The monoisotopic (exact) mass is 274 g/mol. The van der Waals surface area contributed by atoms with E-state index in [1.54, 1.807) is 7.11 Å². The van der Waals surface area contributed by atoms with Gasteiger partial charge < -0.3 is 15.0 Å². The van der Waals surface area contributed by atoms with Crippen LogP contribution in [0, 0.1) is 0 Å². The number of nitrogens with zero attached hydrogens (tertiary/aromatic N) is 1. The fraction of sp³-hybridized carbons (Fsp3) is 0.467. The molecule has 5 heteroatoms. The van der Waals surface area contributed by atoms with E-state index in [4.69, 9.17) is 4.74 Å². The van der Waals surface area contributed by atoms with E-state index < -0.39 is 0 Å². The Morgan fingerprint density at radius 3 is 2.90 bits per heavy atom. The van der Waals surface area contributed by atoms with Crippen molar-refractivity contribution in [3.63, 3.8) is 0 Å². The smallest absolute Gasteiger partial charge is 0.245 e. The molecule has 2 amide bonds. The lowest BCUT2D eigenvalue weighted by Crippen LogP contribution is -2.46. The van der Waals surface area contributed by atoms with Gasteiger partial charge in [0.15, 0.2) is 0 Å². The molecule has 1 atom stereocenters. The van der Waals surface area contributed by atoms with Crippen LogP contribution >= 0.6 is 0 Å². The van der Waals surface area contributed by atoms with Gasteiger partial charge in [-0.15, -0.1) is 0 Å². The van der Waals surface area contributed by atoms with E-state index in [-0.39, 0.29) is 17.9 Å². The molecule has 1 aromatic carbocycles. The van der Waals surface area contributed by atoms with Gasteiger partial charge in [0, 0.05) is 19.5 Å². The number of methoxy groups -OCH3 is 1. The fourth-order valence-electron chi connectivity index (χ4n) is 2.86. The van der Waals surface area contributed by atoms with Gasteiger partial charge in [0.1, 0.15) is 11.8 Å². The molecule has 2 aliphatic rings. The van der Waals surface area contributed by atoms with Crippen LogP contribution in [0.2, 0.25) is 0 Å². The van der Waals surface area contributed by atoms with Crippen molar-refractivity contribution in [1.82, 2.24) is 10.2 Å². The van der Waals surface area contributed by atoms with E-state index in [1.807, 2.05) is 23.1 Å². The summed E-state index contributed by atoms with van der Waals surface area (Å²) in [6, 6.07) is 5.64. The number of benzene rings is 1. The molecule has 0 radical (unpaired) electrons. The number of carbonyl (C=O) groups excluding carboxylic acids is 2. The van der Waals surface area contributed by atoms with E-state index in [1.165, 1.54) is 5.56 Å². The summed E-state index contributed by atoms with van der Waals surface area (Å²) in [5, 5.41) is 2.74. The first-order chi connectivity index (χ1) is 9.67. The van der Waals surface area contributed by atoms with Crippen molar-refractivity contribution < 1.29 is 14.3 Å². The first-order valence-electron chi connectivity index (χ1n) is 6.91. The summed E-state index contributed by atoms with van der Waals surface area (Å²) in [6.45, 7) is 1.32. The third-order valence-electron chi connectivity index (χ3n) is 4.03. The highest BCUT2D eigenvalue weighted by atomic mass is 16.5. The Morgan fingerprint density at radius 2 is 2.20 bits per heavy atom. The Kier molecular flexibility index (Phi) is 3.34. The molecule has 1 N–H and O–H groups in total. The second-order valence-electron chi connectivity index (χ2n) is 5.30. The van der Waals surface area contributed by atoms with Crippen LogP contribution < -0.4 is 10.1 Å². The number of hydrogen-bond acceptors (Lipinski definition) is 3. The molecule has 0 saturated carbocycles. The second kappa shape index (κ2) is 5.15. The predicted molar refractivity (Wildman–Crippen MR) is 73.3 cm³/mol. The van der Waals surface area contributed by atoms with Crippen molar-refractivity contribution >= 4 is 11.8 Å². The zero-order chi connectivity index (χ0) is 14.1. The van der Waals surface area contributed by atoms with Gasteiger partial charge in [0.2, 0.25) is 11.8 Å². The van der Waals surface area contributed by atoms with E-state index in [0.29, 0.717) is 25.9 Å². The van der Waals surface area contributed by atoms with Crippen LogP contribution in [0.15, 0.2) is 18.2 Å². The van der Waals surface area contributed by atoms with Gasteiger partial charge in [0.25, 0.3) is 0 Å². The Bertz CT molecular complexity index is 556. The molecular weight excluding hydrogens is 256 g/mol. The Labute approximate surface area is 117 Å². The van der Waals surface area contributed by atoms with Crippen LogP contribution in [0.3, 0.4) is 0 Å². The summed E-state index contributed by atoms with van der Waals surface area (Å²) in [4.78, 5) is 25.4. The van der Waals surface area contributed by atoms with Crippen molar-refractivity contribution in [2.24, 2.45) is 0 Å². The lowest BCUT2D eigenvalue weighted by atomic mass is 9.98. The normalized spacial score (nSPS) is 21.4. The van der Waals surface area contributed by atoms with Gasteiger partial charge in [-0.1, -0.05) is 6.07 Å². The number of rotatable bonds is 2. The van der Waals surface area contributed by atoms with Gasteiger partial charge in [-0.25, -0.2) is 0 Å². The molecule has 0 aromatic heterocycles. The van der Waals surface area contributed by atoms with E-state index in [2.05, 4.69) is 5.32 Å². The average Bonchev–Trinajstić information content (AvgIpc) is 2.92. The molecule has 1 fully saturated rings. The van der Waals surface area contributed by atoms with Crippen LogP contribution in [-0.2, 0) is 22.6 Å². The molecule has 2 aliphatic heterocycles. The molecule has 0 aliphatic carbocycles. The predicted octanol–water partition coefficient (Wildman–Crippen LogP) is 0.858. The minimum absolute atomic E-state index is 0.0227. The molecule has 0 spiro atoms. The lowest BCUT2D eigenvalue weighted by molar-refractivity contribution is -0.135. The Hall–Kier alpha value is -2.04. The molecule has 20 heavy (non-hydrogen) atoms. The lowest BCUT2D eigenvalue weighted by Gasteiger charge is -2.31. The molecule has 3 rings (SSSR count). The standard InChI is InChI=1S/C15H18N2O3/c1-20-12-3-2-11-9-17(7-6-10(11)8-12)15(19)13-4-5-14(18)16-13/h2-3,8,13H,4-7,9H2,1H3,(H,16,18). The van der Waals surface area contributed by atoms with Crippen LogP contribution in [0.25, 0.3) is 0 Å². The molecule has 106 valence electrons. The largest absolute Gasteiger partial charge is 0.497 e. The van der Waals surface area contributed by atoms with E-state index >= 15 is 0 Å². The van der Waals surface area contributed by atoms with Gasteiger partial charge in [-0.2, -0.15) is 0 Å². The Balaban J connectivity index is 1.72. The minimum Gasteiger partial charge on any atom is -0.497 e. The number of hydrogen-bond donors (Lipinski definition) is 1. The maximum atomic E-state index is 12.4. The van der Waals surface area contributed by atoms with Gasteiger partial charge in [-0.3, -0.25) is 9.59 Å². The summed E-state index contributed by atoms with van der Waals surface area (Å²) in [5.41, 5.74) is 2.40. The van der Waals surface area contributed by atoms with Crippen LogP contribution in [0.4, 0.5) is 0 Å². The summed E-state index contributed by atoms with van der Waals surface area (Å²) in [5.74, 6) is 0.870. The molecule has 1 aromatic rings. The van der Waals surface area contributed by atoms with Gasteiger partial charge in [0.05, 0.1) is 7.11 Å². The first kappa shape index (κ1) is 13.0. The summed E-state index contributed by atoms with van der Waals surface area (Å²) < 4.78 is 5.22. The highest BCUT2D eigenvalue weighted by molar-refractivity contribution is 5.90. The summed E-state index contributed by atoms with van der Waals surface area (Å²) >= 11 is 0. The zero-order valence-electron chi connectivity index (χ0n) is 11.5. The topological polar surface area (TPSA) is 58.6 Å². The van der Waals surface area contributed by atoms with Crippen molar-refractivity contribution in [3.05, 3.63) is 29.3 Å². The van der Waals surface area contributed by atoms with Crippen molar-refractivity contribution in [2.75, 3.05) is 13.7 Å². The molecule has 1 unspecified atom stereocenters. The van der Waals surface area contributed by atoms with Crippen molar-refractivity contribution in [2.45, 2.75) is 31.8 Å². The van der Waals surface area contributed by atoms with Crippen LogP contribution in [-0.4, -0.2) is 36.4 Å². The van der Waals surface area contributed by atoms with Gasteiger partial charge >= 0.3 is 0 Å². The molecule has 1 saturated heterocycles. The number of nitrogens with one attached hydrogen (secondary N) is 1. The SMILES string of the molecule is COc1ccc2c(c1)CCN(C(=O)C1CCC(=O)N1)C2. The highest BCUT2D eigenvalue weighted by Gasteiger charge is 2.32. The van der Waals surface area contributed by atoms with Crippen LogP contribution in [0.5, 0.6) is 5.75 Å². The summed E-state index contributed by atoms with van der Waals surface area (Å²) in [7, 11) is 1.66. The number of ether oxygens (including phenoxy) is 1. The maximum absolute atomic E-state index is 12.4. The number of carbonyl (C=O) groups is 2. The molecular formula is C15H18N2O3. The average molecular weight is 274 g/mol. The van der Waals surface area contributed by atoms with Crippen molar-refractivity contribution in [1.29, 1.82) is 0 Å². The molecule has 0 bridgehead atoms. The molecule has 2 heterocycles. The number of fused-ring (bicyclic) bond motifs is 1. The van der Waals surface area contributed by atoms with E-state index in [9.17, 15) is 9.59 Å². The van der Waals surface area contributed by atoms with Gasteiger partial charge in [-0.05, 0) is 36.1 Å². The minimum atomic E-state index is -0.331. The van der Waals surface area contributed by atoms with E-state index in [0.717, 1.165) is 17.7 Å². The second-order valence-corrected chi connectivity index (χ2v) is 5.30. The summed E-state index contributed by atoms with van der Waals surface area (Å²) in [6.07, 6.45) is 1.90. The third kappa shape index (κ3) is 2.35. The third-order valence-corrected chi connectivity index (χ3v) is 4.03. The number of amides is 2. The van der Waals surface area contributed by atoms with Crippen LogP contribution in [0.1, 0.15) is 24.0 Å². The fourth-order valence-corrected chi connectivity index (χ4v) is 2.86.